The van der Waals surface area contributed by atoms with Crippen molar-refractivity contribution in [2.24, 2.45) is 5.92 Å². The molecule has 0 aliphatic carbocycles. The van der Waals surface area contributed by atoms with Crippen molar-refractivity contribution >= 4 is 21.9 Å². The lowest BCUT2D eigenvalue weighted by Crippen LogP contribution is -2.19. The molecule has 0 aliphatic rings. The van der Waals surface area contributed by atoms with E-state index >= 15 is 0 Å². The highest BCUT2D eigenvalue weighted by molar-refractivity contribution is 9.10. The Morgan fingerprint density at radius 3 is 2.64 bits per heavy atom. The normalized spacial score (nSPS) is 12.9. The molecule has 5 heteroatoms. The fourth-order valence-corrected chi connectivity index (χ4v) is 1.74. The highest BCUT2D eigenvalue weighted by Crippen LogP contribution is 2.28. The molecule has 1 unspecified atom stereocenters. The van der Waals surface area contributed by atoms with E-state index in [1.54, 1.807) is 6.20 Å². The van der Waals surface area contributed by atoms with Crippen LogP contribution in [0, 0.1) is 5.92 Å². The van der Waals surface area contributed by atoms with E-state index in [4.69, 9.17) is 5.11 Å². The molecule has 4 nitrogen and oxygen atoms in total. The van der Waals surface area contributed by atoms with Crippen LogP contribution in [0.4, 0.5) is 0 Å². The van der Waals surface area contributed by atoms with Crippen LogP contribution in [0.3, 0.4) is 0 Å². The molecular weight excluding hydrogens is 248 g/mol. The maximum atomic E-state index is 11.0. The predicted octanol–water partition coefficient (Wildman–Crippen LogP) is 2.06. The zero-order valence-electron chi connectivity index (χ0n) is 7.94. The number of carboxylic acids is 1. The number of hydrogen-bond acceptors (Lipinski definition) is 3. The third-order valence-corrected chi connectivity index (χ3v) is 2.53. The lowest BCUT2D eigenvalue weighted by molar-refractivity contribution is -0.140. The van der Waals surface area contributed by atoms with Gasteiger partial charge >= 0.3 is 5.97 Å². The molecule has 0 radical (unpaired) electrons. The molecule has 0 bridgehead atoms. The van der Waals surface area contributed by atoms with Crippen LogP contribution in [0.2, 0.25) is 0 Å². The van der Waals surface area contributed by atoms with E-state index in [9.17, 15) is 4.79 Å². The van der Waals surface area contributed by atoms with Crippen LogP contribution < -0.4 is 0 Å². The van der Waals surface area contributed by atoms with Crippen molar-refractivity contribution < 1.29 is 9.90 Å². The minimum absolute atomic E-state index is 0.00120. The van der Waals surface area contributed by atoms with Gasteiger partial charge in [-0.1, -0.05) is 13.8 Å². The summed E-state index contributed by atoms with van der Waals surface area (Å²) in [7, 11) is 0. The van der Waals surface area contributed by atoms with Crippen molar-refractivity contribution in [2.75, 3.05) is 0 Å². The van der Waals surface area contributed by atoms with E-state index in [0.717, 1.165) is 0 Å². The van der Waals surface area contributed by atoms with Crippen molar-refractivity contribution in [2.45, 2.75) is 19.8 Å². The van der Waals surface area contributed by atoms with E-state index in [2.05, 4.69) is 25.9 Å². The second-order valence-electron chi connectivity index (χ2n) is 3.32. The van der Waals surface area contributed by atoms with E-state index < -0.39 is 11.9 Å². The Morgan fingerprint density at radius 2 is 2.21 bits per heavy atom. The fourth-order valence-electron chi connectivity index (χ4n) is 1.27. The summed E-state index contributed by atoms with van der Waals surface area (Å²) in [5.74, 6) is -1.45. The molecule has 1 atom stereocenters. The van der Waals surface area contributed by atoms with E-state index in [1.165, 1.54) is 6.33 Å². The summed E-state index contributed by atoms with van der Waals surface area (Å²) in [5.41, 5.74) is 0.530. The Morgan fingerprint density at radius 1 is 1.57 bits per heavy atom. The summed E-state index contributed by atoms with van der Waals surface area (Å²) in [5, 5.41) is 9.04. The lowest BCUT2D eigenvalue weighted by Gasteiger charge is -2.16. The molecule has 1 rings (SSSR count). The van der Waals surface area contributed by atoms with E-state index in [-0.39, 0.29) is 5.92 Å². The monoisotopic (exact) mass is 258 g/mol. The average molecular weight is 259 g/mol. The van der Waals surface area contributed by atoms with Crippen LogP contribution in [0.5, 0.6) is 0 Å². The number of hydrogen-bond donors (Lipinski definition) is 1. The Hall–Kier alpha value is -0.970. The van der Waals surface area contributed by atoms with Crippen LogP contribution in [-0.4, -0.2) is 21.0 Å². The average Bonchev–Trinajstić information content (AvgIpc) is 2.07. The molecular formula is C9H11BrN2O2. The van der Waals surface area contributed by atoms with Gasteiger partial charge in [-0.25, -0.2) is 9.97 Å². The van der Waals surface area contributed by atoms with Gasteiger partial charge in [-0.2, -0.15) is 0 Å². The van der Waals surface area contributed by atoms with Crippen molar-refractivity contribution in [1.29, 1.82) is 0 Å². The van der Waals surface area contributed by atoms with Crippen LogP contribution in [0.25, 0.3) is 0 Å². The quantitative estimate of drug-likeness (QED) is 0.902. The Labute approximate surface area is 90.5 Å². The van der Waals surface area contributed by atoms with Crippen molar-refractivity contribution in [1.82, 2.24) is 9.97 Å². The van der Waals surface area contributed by atoms with Gasteiger partial charge in [-0.05, 0) is 21.8 Å². The standard InChI is InChI=1S/C9H11BrN2O2/c1-5(2)7(9(13)14)8-6(10)3-11-4-12-8/h3-5,7H,1-2H3,(H,13,14). The molecule has 0 aliphatic heterocycles. The van der Waals surface area contributed by atoms with Gasteiger partial charge in [0, 0.05) is 6.20 Å². The zero-order chi connectivity index (χ0) is 10.7. The maximum Gasteiger partial charge on any atom is 0.312 e. The van der Waals surface area contributed by atoms with Crippen LogP contribution in [0.1, 0.15) is 25.5 Å². The third-order valence-electron chi connectivity index (χ3n) is 1.92. The molecule has 0 amide bonds. The first kappa shape index (κ1) is 11.1. The summed E-state index contributed by atoms with van der Waals surface area (Å²) >= 11 is 3.25. The number of aromatic nitrogens is 2. The van der Waals surface area contributed by atoms with Gasteiger partial charge in [0.15, 0.2) is 0 Å². The number of carbonyl (C=O) groups is 1. The Kier molecular flexibility index (Phi) is 3.57. The number of rotatable bonds is 3. The van der Waals surface area contributed by atoms with Gasteiger partial charge in [0.25, 0.3) is 0 Å². The predicted molar refractivity (Wildman–Crippen MR) is 54.9 cm³/mol. The molecule has 0 fully saturated rings. The minimum atomic E-state index is -0.862. The number of nitrogens with zero attached hydrogens (tertiary/aromatic N) is 2. The molecule has 0 saturated carbocycles. The maximum absolute atomic E-state index is 11.0. The zero-order valence-corrected chi connectivity index (χ0v) is 9.52. The minimum Gasteiger partial charge on any atom is -0.481 e. The Balaban J connectivity index is 3.12. The first-order chi connectivity index (χ1) is 6.54. The molecule has 0 spiro atoms. The van der Waals surface area contributed by atoms with Gasteiger partial charge in [-0.15, -0.1) is 0 Å². The molecule has 0 saturated heterocycles. The van der Waals surface area contributed by atoms with Gasteiger partial charge < -0.3 is 5.11 Å². The fraction of sp³-hybridized carbons (Fsp3) is 0.444. The SMILES string of the molecule is CC(C)C(C(=O)O)c1ncncc1Br. The summed E-state index contributed by atoms with van der Waals surface area (Å²) in [4.78, 5) is 18.8. The van der Waals surface area contributed by atoms with Crippen molar-refractivity contribution in [3.05, 3.63) is 22.7 Å². The number of aliphatic carboxylic acids is 1. The van der Waals surface area contributed by atoms with Crippen LogP contribution in [-0.2, 0) is 4.79 Å². The summed E-state index contributed by atoms with van der Waals surface area (Å²) in [6.07, 6.45) is 2.92. The van der Waals surface area contributed by atoms with E-state index in [1.807, 2.05) is 13.8 Å². The molecule has 1 N–H and O–H groups in total. The number of carboxylic acid groups (broad SMARTS) is 1. The van der Waals surface area contributed by atoms with Gasteiger partial charge in [-0.3, -0.25) is 4.79 Å². The summed E-state index contributed by atoms with van der Waals surface area (Å²) in [6, 6.07) is 0. The van der Waals surface area contributed by atoms with Crippen molar-refractivity contribution in [3.8, 4) is 0 Å². The lowest BCUT2D eigenvalue weighted by atomic mass is 9.92. The second kappa shape index (κ2) is 4.50. The van der Waals surface area contributed by atoms with E-state index in [0.29, 0.717) is 10.2 Å². The van der Waals surface area contributed by atoms with Crippen molar-refractivity contribution in [3.63, 3.8) is 0 Å². The summed E-state index contributed by atoms with van der Waals surface area (Å²) in [6.45, 7) is 3.71. The molecule has 76 valence electrons. The van der Waals surface area contributed by atoms with Crippen LogP contribution >= 0.6 is 15.9 Å². The highest BCUT2D eigenvalue weighted by atomic mass is 79.9. The molecule has 1 heterocycles. The highest BCUT2D eigenvalue weighted by Gasteiger charge is 2.26. The van der Waals surface area contributed by atoms with Gasteiger partial charge in [0.1, 0.15) is 12.2 Å². The topological polar surface area (TPSA) is 63.1 Å². The van der Waals surface area contributed by atoms with Crippen LogP contribution in [0.15, 0.2) is 17.0 Å². The largest absolute Gasteiger partial charge is 0.481 e. The molecule has 1 aromatic heterocycles. The molecule has 14 heavy (non-hydrogen) atoms. The third kappa shape index (κ3) is 2.29. The first-order valence-corrected chi connectivity index (χ1v) is 5.01. The smallest absolute Gasteiger partial charge is 0.312 e. The van der Waals surface area contributed by atoms with Gasteiger partial charge in [0.2, 0.25) is 0 Å². The second-order valence-corrected chi connectivity index (χ2v) is 4.17. The Bertz CT molecular complexity index is 341. The number of halogens is 1. The van der Waals surface area contributed by atoms with Gasteiger partial charge in [0.05, 0.1) is 10.2 Å². The molecule has 0 aromatic carbocycles. The summed E-state index contributed by atoms with van der Waals surface area (Å²) < 4.78 is 0.640. The molecule has 1 aromatic rings. The first-order valence-electron chi connectivity index (χ1n) is 4.22.